The average Bonchev–Trinajstić information content (AvgIpc) is 2.67. The monoisotopic (exact) mass is 340 g/mol. The van der Waals surface area contributed by atoms with Crippen molar-refractivity contribution in [3.63, 3.8) is 0 Å². The van der Waals surface area contributed by atoms with E-state index in [-0.39, 0.29) is 11.3 Å². The molecule has 1 heterocycles. The minimum Gasteiger partial charge on any atom is -0.465 e. The van der Waals surface area contributed by atoms with E-state index in [4.69, 9.17) is 0 Å². The number of rotatable bonds is 4. The maximum Gasteiger partial charge on any atom is 0.344 e. The number of esters is 1. The Bertz CT molecular complexity index is 768. The van der Waals surface area contributed by atoms with Gasteiger partial charge in [0, 0.05) is 24.8 Å². The maximum absolute atomic E-state index is 11.9. The summed E-state index contributed by atoms with van der Waals surface area (Å²) in [5.41, 5.74) is 1.93. The molecular formula is C19H20N2O4. The van der Waals surface area contributed by atoms with Crippen LogP contribution in [-0.2, 0) is 4.74 Å². The van der Waals surface area contributed by atoms with E-state index in [0.717, 1.165) is 31.6 Å². The minimum atomic E-state index is -0.687. The van der Waals surface area contributed by atoms with E-state index in [9.17, 15) is 14.9 Å². The van der Waals surface area contributed by atoms with Crippen molar-refractivity contribution in [2.75, 3.05) is 25.1 Å². The van der Waals surface area contributed by atoms with Crippen LogP contribution in [0.15, 0.2) is 48.5 Å². The van der Waals surface area contributed by atoms with Crippen molar-refractivity contribution < 1.29 is 14.5 Å². The molecule has 1 aliphatic rings. The van der Waals surface area contributed by atoms with Crippen molar-refractivity contribution in [3.8, 4) is 0 Å². The molecule has 2 aromatic carbocycles. The first-order valence-corrected chi connectivity index (χ1v) is 8.27. The SMILES string of the molecule is COC(=O)c1cc(N2CCC(c3ccccc3)CC2)ccc1[N+](=O)[O-]. The van der Waals surface area contributed by atoms with Crippen LogP contribution in [0.5, 0.6) is 0 Å². The lowest BCUT2D eigenvalue weighted by molar-refractivity contribution is -0.385. The van der Waals surface area contributed by atoms with Gasteiger partial charge in [-0.05, 0) is 36.5 Å². The van der Waals surface area contributed by atoms with E-state index >= 15 is 0 Å². The lowest BCUT2D eigenvalue weighted by atomic mass is 9.89. The summed E-state index contributed by atoms with van der Waals surface area (Å²) in [5, 5.41) is 11.1. The average molecular weight is 340 g/mol. The fourth-order valence-electron chi connectivity index (χ4n) is 3.35. The molecule has 0 spiro atoms. The van der Waals surface area contributed by atoms with Crippen LogP contribution in [-0.4, -0.2) is 31.1 Å². The lowest BCUT2D eigenvalue weighted by Gasteiger charge is -2.34. The molecule has 0 atom stereocenters. The molecule has 0 radical (unpaired) electrons. The van der Waals surface area contributed by atoms with Crippen molar-refractivity contribution in [2.24, 2.45) is 0 Å². The number of nitrogens with zero attached hydrogens (tertiary/aromatic N) is 2. The fraction of sp³-hybridized carbons (Fsp3) is 0.316. The number of carbonyl (C=O) groups is 1. The molecule has 0 saturated carbocycles. The maximum atomic E-state index is 11.9. The van der Waals surface area contributed by atoms with Crippen LogP contribution in [0.2, 0.25) is 0 Å². The number of nitro groups is 1. The van der Waals surface area contributed by atoms with Gasteiger partial charge in [-0.2, -0.15) is 0 Å². The fourth-order valence-corrected chi connectivity index (χ4v) is 3.35. The highest BCUT2D eigenvalue weighted by Gasteiger charge is 2.25. The Hall–Kier alpha value is -2.89. The van der Waals surface area contributed by atoms with Gasteiger partial charge in [-0.3, -0.25) is 10.1 Å². The van der Waals surface area contributed by atoms with Gasteiger partial charge in [0.25, 0.3) is 5.69 Å². The molecule has 0 N–H and O–H groups in total. The Morgan fingerprint density at radius 1 is 1.16 bits per heavy atom. The molecule has 0 aliphatic carbocycles. The van der Waals surface area contributed by atoms with Gasteiger partial charge in [0.15, 0.2) is 0 Å². The number of ether oxygens (including phenoxy) is 1. The van der Waals surface area contributed by atoms with Crippen molar-refractivity contribution in [3.05, 3.63) is 69.8 Å². The Kier molecular flexibility index (Phi) is 4.97. The normalized spacial score (nSPS) is 15.0. The molecule has 0 bridgehead atoms. The van der Waals surface area contributed by atoms with E-state index in [0.29, 0.717) is 5.92 Å². The largest absolute Gasteiger partial charge is 0.465 e. The third-order valence-electron chi connectivity index (χ3n) is 4.71. The van der Waals surface area contributed by atoms with Crippen LogP contribution < -0.4 is 4.90 Å². The molecule has 0 amide bonds. The van der Waals surface area contributed by atoms with Gasteiger partial charge in [-0.25, -0.2) is 4.79 Å². The van der Waals surface area contributed by atoms with E-state index in [1.54, 1.807) is 12.1 Å². The summed E-state index contributed by atoms with van der Waals surface area (Å²) in [4.78, 5) is 24.6. The Balaban J connectivity index is 1.77. The third-order valence-corrected chi connectivity index (χ3v) is 4.71. The van der Waals surface area contributed by atoms with Crippen LogP contribution in [0.1, 0.15) is 34.7 Å². The minimum absolute atomic E-state index is 0.00446. The van der Waals surface area contributed by atoms with Crippen LogP contribution in [0.4, 0.5) is 11.4 Å². The predicted molar refractivity (Wildman–Crippen MR) is 95.1 cm³/mol. The molecule has 1 aliphatic heterocycles. The van der Waals surface area contributed by atoms with E-state index in [2.05, 4.69) is 33.9 Å². The zero-order valence-electron chi connectivity index (χ0n) is 14.1. The number of methoxy groups -OCH3 is 1. The highest BCUT2D eigenvalue weighted by atomic mass is 16.6. The molecule has 2 aromatic rings. The van der Waals surface area contributed by atoms with E-state index < -0.39 is 10.9 Å². The predicted octanol–water partition coefficient (Wildman–Crippen LogP) is 3.77. The summed E-state index contributed by atoms with van der Waals surface area (Å²) in [6.45, 7) is 1.69. The van der Waals surface area contributed by atoms with Crippen molar-refractivity contribution in [1.29, 1.82) is 0 Å². The first-order chi connectivity index (χ1) is 12.1. The Morgan fingerprint density at radius 2 is 1.84 bits per heavy atom. The number of hydrogen-bond donors (Lipinski definition) is 0. The quantitative estimate of drug-likeness (QED) is 0.481. The van der Waals surface area contributed by atoms with E-state index in [1.807, 2.05) is 6.07 Å². The second-order valence-electron chi connectivity index (χ2n) is 6.12. The summed E-state index contributed by atoms with van der Waals surface area (Å²) < 4.78 is 4.68. The molecule has 6 heteroatoms. The number of anilines is 1. The molecule has 0 aromatic heterocycles. The number of nitro benzene ring substituents is 1. The summed E-state index contributed by atoms with van der Waals surface area (Å²) in [7, 11) is 1.23. The van der Waals surface area contributed by atoms with Gasteiger partial charge in [-0.15, -0.1) is 0 Å². The highest BCUT2D eigenvalue weighted by molar-refractivity contribution is 5.95. The molecule has 0 unspecified atom stereocenters. The van der Waals surface area contributed by atoms with Crippen LogP contribution in [0.3, 0.4) is 0 Å². The molecule has 1 fully saturated rings. The standard InChI is InChI=1S/C19H20N2O4/c1-25-19(22)17-13-16(7-8-18(17)21(23)24)20-11-9-15(10-12-20)14-5-3-2-4-6-14/h2-8,13,15H,9-12H2,1H3. The zero-order chi connectivity index (χ0) is 17.8. The number of hydrogen-bond acceptors (Lipinski definition) is 5. The van der Waals surface area contributed by atoms with Gasteiger partial charge in [0.05, 0.1) is 12.0 Å². The van der Waals surface area contributed by atoms with Crippen molar-refractivity contribution in [2.45, 2.75) is 18.8 Å². The lowest BCUT2D eigenvalue weighted by Crippen LogP contribution is -2.33. The molecular weight excluding hydrogens is 320 g/mol. The molecule has 25 heavy (non-hydrogen) atoms. The summed E-state index contributed by atoms with van der Waals surface area (Å²) >= 11 is 0. The Labute approximate surface area is 146 Å². The molecule has 1 saturated heterocycles. The van der Waals surface area contributed by atoms with Crippen molar-refractivity contribution in [1.82, 2.24) is 0 Å². The number of carbonyl (C=O) groups excluding carboxylic acids is 1. The van der Waals surface area contributed by atoms with Crippen LogP contribution in [0, 0.1) is 10.1 Å². The summed E-state index contributed by atoms with van der Waals surface area (Å²) in [6.07, 6.45) is 2.02. The number of benzene rings is 2. The second kappa shape index (κ2) is 7.34. The van der Waals surface area contributed by atoms with Crippen LogP contribution >= 0.6 is 0 Å². The first-order valence-electron chi connectivity index (χ1n) is 8.27. The smallest absolute Gasteiger partial charge is 0.344 e. The zero-order valence-corrected chi connectivity index (χ0v) is 14.1. The van der Waals surface area contributed by atoms with E-state index in [1.165, 1.54) is 18.7 Å². The van der Waals surface area contributed by atoms with Gasteiger partial charge in [0.2, 0.25) is 0 Å². The van der Waals surface area contributed by atoms with Gasteiger partial charge in [-0.1, -0.05) is 30.3 Å². The van der Waals surface area contributed by atoms with Crippen molar-refractivity contribution >= 4 is 17.3 Å². The third kappa shape index (κ3) is 3.63. The van der Waals surface area contributed by atoms with Gasteiger partial charge >= 0.3 is 5.97 Å². The summed E-state index contributed by atoms with van der Waals surface area (Å²) in [5.74, 6) is -0.164. The molecule has 130 valence electrons. The van der Waals surface area contributed by atoms with Crippen LogP contribution in [0.25, 0.3) is 0 Å². The Morgan fingerprint density at radius 3 is 2.44 bits per heavy atom. The van der Waals surface area contributed by atoms with Gasteiger partial charge < -0.3 is 9.64 Å². The second-order valence-corrected chi connectivity index (χ2v) is 6.12. The summed E-state index contributed by atoms with van der Waals surface area (Å²) in [6, 6.07) is 15.1. The topological polar surface area (TPSA) is 72.7 Å². The highest BCUT2D eigenvalue weighted by Crippen LogP contribution is 2.32. The first kappa shape index (κ1) is 17.0. The molecule has 6 nitrogen and oxygen atoms in total. The number of piperidine rings is 1. The van der Waals surface area contributed by atoms with Gasteiger partial charge in [0.1, 0.15) is 5.56 Å². The molecule has 3 rings (SSSR count).